The topological polar surface area (TPSA) is 290 Å². The van der Waals surface area contributed by atoms with E-state index in [9.17, 15) is 49.7 Å². The van der Waals surface area contributed by atoms with Crippen LogP contribution in [0, 0.1) is 5.92 Å². The van der Waals surface area contributed by atoms with Gasteiger partial charge >= 0.3 is 5.69 Å². The second-order valence-electron chi connectivity index (χ2n) is 8.91. The van der Waals surface area contributed by atoms with E-state index in [1.807, 2.05) is 0 Å². The quantitative estimate of drug-likeness (QED) is 0.140. The smallest absolute Gasteiger partial charge is 0.351 e. The van der Waals surface area contributed by atoms with Gasteiger partial charge in [-0.15, -0.1) is 0 Å². The van der Waals surface area contributed by atoms with Crippen molar-refractivity contribution in [3.05, 3.63) is 22.7 Å². The van der Waals surface area contributed by atoms with Crippen LogP contribution in [0.1, 0.15) is 19.6 Å². The van der Waals surface area contributed by atoms with Crippen molar-refractivity contribution in [2.75, 3.05) is 18.9 Å². The highest BCUT2D eigenvalue weighted by Gasteiger charge is 2.56. The molecule has 2 saturated heterocycles. The Balaban J connectivity index is 1.82. The van der Waals surface area contributed by atoms with Gasteiger partial charge in [0.05, 0.1) is 31.4 Å². The highest BCUT2D eigenvalue weighted by Crippen LogP contribution is 2.58. The number of aliphatic hydroxyl groups is 6. The van der Waals surface area contributed by atoms with Crippen LogP contribution in [0.25, 0.3) is 0 Å². The van der Waals surface area contributed by atoms with Crippen LogP contribution in [0.3, 0.4) is 0 Å². The molecule has 0 aliphatic carbocycles. The third kappa shape index (κ3) is 5.43. The summed E-state index contributed by atoms with van der Waals surface area (Å²) >= 11 is 0. The summed E-state index contributed by atoms with van der Waals surface area (Å²) in [5, 5.41) is 68.7. The number of carbonyl (C=O) groups excluding carboxylic acids is 1. The number of aliphatic carboxylic acids is 1. The normalized spacial score (nSPS) is 37.6. The first-order valence-electron chi connectivity index (χ1n) is 11.0. The SMILES string of the molecule is C[C@H]1C([C@H](O)[C@H](O)CO)OC(C(=O)[O-])(P(=O)([O-])OC[C@H]2O[C@@H](n3ccc(N)nc3=O)C(O)[C@H]2O)C[C@H]1O. The summed E-state index contributed by atoms with van der Waals surface area (Å²) < 4.78 is 29.2. The van der Waals surface area contributed by atoms with Crippen molar-refractivity contribution in [1.29, 1.82) is 0 Å². The fourth-order valence-electron chi connectivity index (χ4n) is 4.19. The van der Waals surface area contributed by atoms with Gasteiger partial charge in [-0.2, -0.15) is 4.98 Å². The van der Waals surface area contributed by atoms with E-state index in [0.29, 0.717) is 0 Å². The number of carboxylic acids is 1. The van der Waals surface area contributed by atoms with Crippen molar-refractivity contribution in [3.63, 3.8) is 0 Å². The molecule has 0 amide bonds. The van der Waals surface area contributed by atoms with Crippen molar-refractivity contribution in [2.24, 2.45) is 5.92 Å². The number of aliphatic hydroxyl groups excluding tert-OH is 6. The van der Waals surface area contributed by atoms with Gasteiger partial charge in [0.2, 0.25) is 0 Å². The molecule has 0 saturated carbocycles. The first-order chi connectivity index (χ1) is 17.2. The summed E-state index contributed by atoms with van der Waals surface area (Å²) in [5.74, 6) is -3.57. The molecule has 11 atom stereocenters. The third-order valence-electron chi connectivity index (χ3n) is 6.49. The van der Waals surface area contributed by atoms with Gasteiger partial charge in [0.1, 0.15) is 36.3 Å². The number of ether oxygens (including phenoxy) is 2. The first-order valence-corrected chi connectivity index (χ1v) is 12.6. The van der Waals surface area contributed by atoms with Crippen molar-refractivity contribution < 1.29 is 64.0 Å². The predicted molar refractivity (Wildman–Crippen MR) is 114 cm³/mol. The fourth-order valence-corrected chi connectivity index (χ4v) is 5.63. The Morgan fingerprint density at radius 1 is 1.38 bits per heavy atom. The molecule has 0 aromatic carbocycles. The number of nitrogen functional groups attached to an aromatic ring is 1. The van der Waals surface area contributed by atoms with Crippen molar-refractivity contribution in [1.82, 2.24) is 9.55 Å². The number of rotatable bonds is 9. The first kappa shape index (κ1) is 29.5. The maximum atomic E-state index is 13.1. The fraction of sp³-hybridized carbons (Fsp3) is 0.737. The largest absolute Gasteiger partial charge is 0.776 e. The zero-order chi connectivity index (χ0) is 27.9. The molecule has 1 aromatic rings. The maximum absolute atomic E-state index is 13.1. The molecule has 18 heteroatoms. The van der Waals surface area contributed by atoms with Crippen molar-refractivity contribution >= 4 is 19.4 Å². The minimum Gasteiger partial charge on any atom is -0.776 e. The number of aromatic nitrogens is 2. The molecule has 2 aliphatic rings. The van der Waals surface area contributed by atoms with Crippen LogP contribution in [0.4, 0.5) is 5.82 Å². The Kier molecular flexibility index (Phi) is 8.78. The zero-order valence-corrected chi connectivity index (χ0v) is 20.2. The monoisotopic (exact) mass is 553 g/mol. The van der Waals surface area contributed by atoms with Gasteiger partial charge < -0.3 is 69.7 Å². The summed E-state index contributed by atoms with van der Waals surface area (Å²) in [6.45, 7) is -0.763. The molecule has 37 heavy (non-hydrogen) atoms. The number of nitrogens with zero attached hydrogens (tertiary/aromatic N) is 2. The van der Waals surface area contributed by atoms with Gasteiger partial charge in [-0.25, -0.2) is 4.79 Å². The summed E-state index contributed by atoms with van der Waals surface area (Å²) in [5.41, 5.74) is 4.45. The van der Waals surface area contributed by atoms with E-state index in [1.54, 1.807) is 0 Å². The average Bonchev–Trinajstić information content (AvgIpc) is 3.11. The van der Waals surface area contributed by atoms with Gasteiger partial charge in [0.25, 0.3) is 0 Å². The van der Waals surface area contributed by atoms with E-state index in [0.717, 1.165) is 10.8 Å². The van der Waals surface area contributed by atoms with Crippen LogP contribution in [0.2, 0.25) is 0 Å². The highest BCUT2D eigenvalue weighted by molar-refractivity contribution is 7.54. The van der Waals surface area contributed by atoms with Crippen LogP contribution in [0.5, 0.6) is 0 Å². The van der Waals surface area contributed by atoms with E-state index in [4.69, 9.17) is 24.8 Å². The van der Waals surface area contributed by atoms with Crippen LogP contribution in [0.15, 0.2) is 17.1 Å². The number of carboxylic acid groups (broad SMARTS) is 1. The number of anilines is 1. The Labute approximate surface area is 208 Å². The predicted octanol–water partition coefficient (Wildman–Crippen LogP) is -6.04. The van der Waals surface area contributed by atoms with Gasteiger partial charge in [-0.3, -0.25) is 4.57 Å². The van der Waals surface area contributed by atoms with E-state index >= 15 is 0 Å². The van der Waals surface area contributed by atoms with Crippen molar-refractivity contribution in [2.45, 2.75) is 67.6 Å². The molecular formula is C19H28N3O14P-2. The summed E-state index contributed by atoms with van der Waals surface area (Å²) in [7, 11) is -5.76. The van der Waals surface area contributed by atoms with Crippen LogP contribution >= 0.6 is 7.60 Å². The van der Waals surface area contributed by atoms with Crippen LogP contribution in [-0.2, 0) is 23.4 Å². The summed E-state index contributed by atoms with van der Waals surface area (Å²) in [4.78, 5) is 40.6. The molecule has 3 heterocycles. The molecule has 0 radical (unpaired) electrons. The lowest BCUT2D eigenvalue weighted by molar-refractivity contribution is -0.339. The minimum atomic E-state index is -5.76. The second kappa shape index (κ2) is 11.0. The van der Waals surface area contributed by atoms with Gasteiger partial charge in [0, 0.05) is 18.5 Å². The molecule has 2 fully saturated rings. The average molecular weight is 553 g/mol. The lowest BCUT2D eigenvalue weighted by Gasteiger charge is -2.52. The molecule has 0 bridgehead atoms. The van der Waals surface area contributed by atoms with Gasteiger partial charge in [-0.1, -0.05) is 6.92 Å². The lowest BCUT2D eigenvalue weighted by Crippen LogP contribution is -2.64. The Morgan fingerprint density at radius 3 is 2.59 bits per heavy atom. The van der Waals surface area contributed by atoms with Crippen LogP contribution in [-0.4, -0.2) is 107 Å². The molecule has 4 unspecified atom stereocenters. The second-order valence-corrected chi connectivity index (χ2v) is 10.9. The highest BCUT2D eigenvalue weighted by atomic mass is 31.2. The molecular weight excluding hydrogens is 525 g/mol. The Bertz CT molecular complexity index is 1090. The third-order valence-corrected chi connectivity index (χ3v) is 8.34. The Hall–Kier alpha value is -2.02. The molecule has 8 N–H and O–H groups in total. The molecule has 1 aromatic heterocycles. The van der Waals surface area contributed by atoms with E-state index in [-0.39, 0.29) is 5.82 Å². The Morgan fingerprint density at radius 2 is 2.03 bits per heavy atom. The lowest BCUT2D eigenvalue weighted by atomic mass is 9.85. The minimum absolute atomic E-state index is 0.132. The molecule has 2 aliphatic heterocycles. The number of hydrogen-bond donors (Lipinski definition) is 7. The zero-order valence-electron chi connectivity index (χ0n) is 19.3. The van der Waals surface area contributed by atoms with Crippen LogP contribution < -0.4 is 21.4 Å². The van der Waals surface area contributed by atoms with Gasteiger partial charge in [-0.05, 0) is 6.07 Å². The number of hydrogen-bond acceptors (Lipinski definition) is 16. The molecule has 17 nitrogen and oxygen atoms in total. The molecule has 0 spiro atoms. The maximum Gasteiger partial charge on any atom is 0.351 e. The van der Waals surface area contributed by atoms with E-state index in [1.165, 1.54) is 13.0 Å². The summed E-state index contributed by atoms with van der Waals surface area (Å²) in [6.07, 6.45) is -14.0. The standard InChI is InChI=1S/C19H30N3O14P/c1-7-8(24)4-19(17(29)30,36-15(7)12(26)9(25)5-23)37(32,33)34-6-10-13(27)14(28)16(35-10)22-3-2-11(20)21-18(22)31/h2-3,7-10,12-16,23-28H,4-6H2,1H3,(H,29,30)(H,32,33)(H2,20,21,31)/p-2/t7-,8-,9-,10-,12-,13+,14?,15?,16-,19?/m1/s1. The number of carbonyl (C=O) groups is 1. The van der Waals surface area contributed by atoms with Crippen molar-refractivity contribution in [3.8, 4) is 0 Å². The molecule has 210 valence electrons. The molecule has 3 rings (SSSR count). The van der Waals surface area contributed by atoms with E-state index in [2.05, 4.69) is 4.98 Å². The number of nitrogens with two attached hydrogens (primary N) is 1. The van der Waals surface area contributed by atoms with Gasteiger partial charge in [0.15, 0.2) is 19.2 Å². The van der Waals surface area contributed by atoms with E-state index < -0.39 is 99.1 Å². The summed E-state index contributed by atoms with van der Waals surface area (Å²) in [6, 6.07) is 1.20.